The number of carbonyl (C=O) groups excluding carboxylic acids is 4. The van der Waals surface area contributed by atoms with E-state index in [-0.39, 0.29) is 48.0 Å². The first-order chi connectivity index (χ1) is 24.8. The Hall–Kier alpha value is -3.30. The summed E-state index contributed by atoms with van der Waals surface area (Å²) in [6.45, 7) is 8.87. The van der Waals surface area contributed by atoms with Crippen LogP contribution in [-0.2, 0) is 39.8 Å². The number of benzene rings is 1. The van der Waals surface area contributed by atoms with Crippen LogP contribution in [-0.4, -0.2) is 110 Å². The number of likely N-dealkylation sites (N-methyl/N-ethyl adjacent to an activating group) is 1. The zero-order valence-corrected chi connectivity index (χ0v) is 33.7. The van der Waals surface area contributed by atoms with Crippen LogP contribution in [0.2, 0.25) is 5.02 Å². The van der Waals surface area contributed by atoms with Gasteiger partial charge >= 0.3 is 12.1 Å². The monoisotopic (exact) mass is 779 g/mol. The second kappa shape index (κ2) is 17.4. The third-order valence-electron chi connectivity index (χ3n) is 10.7. The summed E-state index contributed by atoms with van der Waals surface area (Å²) in [5.41, 5.74) is -0.597. The average Bonchev–Trinajstić information content (AvgIpc) is 3.80. The molecule has 15 heteroatoms. The van der Waals surface area contributed by atoms with Gasteiger partial charge in [0.1, 0.15) is 29.0 Å². The smallest absolute Gasteiger partial charge is 0.409 e. The molecule has 13 nitrogen and oxygen atoms in total. The van der Waals surface area contributed by atoms with Crippen LogP contribution in [0.25, 0.3) is 0 Å². The summed E-state index contributed by atoms with van der Waals surface area (Å²) >= 11 is 11.1. The Balaban J connectivity index is 1.70. The van der Waals surface area contributed by atoms with Crippen LogP contribution in [0.4, 0.5) is 10.5 Å². The number of carbonyl (C=O) groups is 4. The first-order valence-electron chi connectivity index (χ1n) is 17.8. The number of rotatable bonds is 9. The van der Waals surface area contributed by atoms with E-state index in [0.717, 1.165) is 11.1 Å². The second-order valence-electron chi connectivity index (χ2n) is 14.7. The highest BCUT2D eigenvalue weighted by Gasteiger charge is 2.63. The summed E-state index contributed by atoms with van der Waals surface area (Å²) < 4.78 is 29.1. The molecule has 3 heterocycles. The number of epoxide rings is 1. The normalized spacial score (nSPS) is 31.8. The van der Waals surface area contributed by atoms with Gasteiger partial charge in [-0.3, -0.25) is 14.9 Å². The Labute approximate surface area is 322 Å². The van der Waals surface area contributed by atoms with Crippen LogP contribution in [0, 0.1) is 11.8 Å². The van der Waals surface area contributed by atoms with Gasteiger partial charge in [0, 0.05) is 52.3 Å². The number of ether oxygens (including phenoxy) is 5. The van der Waals surface area contributed by atoms with E-state index in [1.807, 2.05) is 39.8 Å². The molecule has 4 bridgehead atoms. The van der Waals surface area contributed by atoms with Crippen LogP contribution < -0.4 is 15.0 Å². The quantitative estimate of drug-likeness (QED) is 0.180. The van der Waals surface area contributed by atoms with Crippen molar-refractivity contribution in [2.24, 2.45) is 11.8 Å². The predicted molar refractivity (Wildman–Crippen MR) is 203 cm³/mol. The Morgan fingerprint density at radius 3 is 2.58 bits per heavy atom. The van der Waals surface area contributed by atoms with E-state index in [4.69, 9.17) is 35.3 Å². The van der Waals surface area contributed by atoms with E-state index in [2.05, 4.69) is 17.9 Å². The highest BCUT2D eigenvalue weighted by Crippen LogP contribution is 2.51. The van der Waals surface area contributed by atoms with Gasteiger partial charge in [-0.2, -0.15) is 12.6 Å². The number of hydrogen-bond donors (Lipinski definition) is 3. The summed E-state index contributed by atoms with van der Waals surface area (Å²) in [5, 5.41) is 14.5. The Bertz CT molecular complexity index is 1610. The minimum atomic E-state index is -1.80. The Morgan fingerprint density at radius 2 is 1.94 bits per heavy atom. The highest BCUT2D eigenvalue weighted by molar-refractivity contribution is 7.80. The van der Waals surface area contributed by atoms with Crippen LogP contribution in [0.5, 0.6) is 5.75 Å². The maximum Gasteiger partial charge on any atom is 0.409 e. The summed E-state index contributed by atoms with van der Waals surface area (Å²) in [7, 11) is 6.11. The van der Waals surface area contributed by atoms with Crippen molar-refractivity contribution in [3.63, 3.8) is 0 Å². The molecule has 9 atom stereocenters. The summed E-state index contributed by atoms with van der Waals surface area (Å²) in [5.74, 6) is -1.91. The Morgan fingerprint density at radius 1 is 1.25 bits per heavy atom. The molecule has 2 saturated heterocycles. The molecule has 3 aliphatic heterocycles. The zero-order valence-electron chi connectivity index (χ0n) is 32.0. The van der Waals surface area contributed by atoms with Gasteiger partial charge in [-0.15, -0.1) is 0 Å². The van der Waals surface area contributed by atoms with Gasteiger partial charge in [0.15, 0.2) is 5.72 Å². The fourth-order valence-corrected chi connectivity index (χ4v) is 7.42. The van der Waals surface area contributed by atoms with E-state index in [0.29, 0.717) is 24.3 Å². The molecule has 1 aromatic carbocycles. The summed E-state index contributed by atoms with van der Waals surface area (Å²) in [4.78, 5) is 55.9. The van der Waals surface area contributed by atoms with Crippen molar-refractivity contribution in [2.75, 3.05) is 39.8 Å². The van der Waals surface area contributed by atoms with E-state index in [1.165, 1.54) is 24.0 Å². The standard InChI is InChI=1S/C38H54ClN3O10S/c1-21-11-10-12-30(49-9)38(47)19-29(51-36(46)40-38)23(3)34-37(5,52-34)26(20-50-35(45)24(4)41(6)31(43)14-13-22(2)53)18-32(44)42(7)27-16-25(15-21)17-28(48-8)33(27)39/h10-12,16-17,22-24,26,29-30,34,47,53H,13-15,18-20H2,1-9H3,(H,40,46)/b12-10+,21-11+/t22?,23-,24+,26-,29?,30-,34+,37+,38+/m1/s1. The molecule has 2 fully saturated rings. The van der Waals surface area contributed by atoms with E-state index in [9.17, 15) is 24.3 Å². The van der Waals surface area contributed by atoms with E-state index in [1.54, 1.807) is 39.2 Å². The maximum absolute atomic E-state index is 14.1. The number of alkyl carbamates (subject to hydrolysis) is 1. The fraction of sp³-hybridized carbons (Fsp3) is 0.632. The molecule has 53 heavy (non-hydrogen) atoms. The van der Waals surface area contributed by atoms with Crippen molar-refractivity contribution in [2.45, 2.75) is 108 Å². The number of nitrogens with one attached hydrogen (secondary N) is 1. The first kappa shape index (κ1) is 42.4. The molecule has 2 N–H and O–H groups in total. The lowest BCUT2D eigenvalue weighted by Crippen LogP contribution is -2.63. The van der Waals surface area contributed by atoms with Gasteiger partial charge in [0.05, 0.1) is 31.1 Å². The fourth-order valence-electron chi connectivity index (χ4n) is 6.98. The summed E-state index contributed by atoms with van der Waals surface area (Å²) in [6.07, 6.45) is 3.36. The topological polar surface area (TPSA) is 156 Å². The molecular weight excluding hydrogens is 726 g/mol. The molecule has 3 aliphatic rings. The van der Waals surface area contributed by atoms with E-state index < -0.39 is 59.6 Å². The van der Waals surface area contributed by atoms with Gasteiger partial charge < -0.3 is 38.6 Å². The third-order valence-corrected chi connectivity index (χ3v) is 11.3. The lowest BCUT2D eigenvalue weighted by atomic mass is 9.80. The minimum absolute atomic E-state index is 0.0171. The number of methoxy groups -OCH3 is 2. The van der Waals surface area contributed by atoms with Gasteiger partial charge in [0.25, 0.3) is 0 Å². The number of amides is 3. The second-order valence-corrected chi connectivity index (χ2v) is 16.0. The van der Waals surface area contributed by atoms with Crippen LogP contribution in [0.3, 0.4) is 0 Å². The van der Waals surface area contributed by atoms with Crippen molar-refractivity contribution in [3.8, 4) is 5.75 Å². The van der Waals surface area contributed by atoms with Gasteiger partial charge in [-0.1, -0.05) is 49.2 Å². The van der Waals surface area contributed by atoms with E-state index >= 15 is 0 Å². The lowest BCUT2D eigenvalue weighted by Gasteiger charge is -2.42. The average molecular weight is 780 g/mol. The highest BCUT2D eigenvalue weighted by atomic mass is 35.5. The van der Waals surface area contributed by atoms with Gasteiger partial charge in [-0.05, 0) is 56.6 Å². The molecular formula is C38H54ClN3O10S. The number of anilines is 1. The molecule has 3 amide bonds. The molecule has 0 radical (unpaired) electrons. The molecule has 0 saturated carbocycles. The number of thiol groups is 1. The largest absolute Gasteiger partial charge is 0.495 e. The number of halogens is 1. The van der Waals surface area contributed by atoms with Crippen molar-refractivity contribution in [1.82, 2.24) is 10.2 Å². The molecule has 4 rings (SSSR count). The first-order valence-corrected chi connectivity index (χ1v) is 18.7. The molecule has 2 unspecified atom stereocenters. The zero-order chi connectivity index (χ0) is 39.4. The molecule has 0 aromatic heterocycles. The van der Waals surface area contributed by atoms with Crippen LogP contribution >= 0.6 is 24.2 Å². The Kier molecular flexibility index (Phi) is 14.0. The SMILES string of the molecule is COc1cc2cc(c1Cl)N(C)C(=O)C[C@H](COC(=O)[C@H](C)N(C)C(=O)CCC(C)S)[C@]1(C)O[C@H]1[C@H](C)C1C[C@@](O)(NC(=O)O1)[C@H](OC)/C=C/C=C(\C)C2. The molecule has 294 valence electrons. The third kappa shape index (κ3) is 9.88. The minimum Gasteiger partial charge on any atom is -0.495 e. The van der Waals surface area contributed by atoms with Gasteiger partial charge in [0.2, 0.25) is 11.8 Å². The predicted octanol–water partition coefficient (Wildman–Crippen LogP) is 4.86. The van der Waals surface area contributed by atoms with Crippen molar-refractivity contribution < 1.29 is 48.0 Å². The number of aliphatic hydroxyl groups is 1. The number of nitrogens with zero attached hydrogens (tertiary/aromatic N) is 2. The molecule has 1 aromatic rings. The lowest BCUT2D eigenvalue weighted by molar-refractivity contribution is -0.155. The molecule has 0 aliphatic carbocycles. The number of allylic oxidation sites excluding steroid dienone is 3. The number of fused-ring (bicyclic) bond motifs is 5. The van der Waals surface area contributed by atoms with Crippen LogP contribution in [0.15, 0.2) is 35.9 Å². The van der Waals surface area contributed by atoms with Crippen molar-refractivity contribution in [1.29, 1.82) is 0 Å². The maximum atomic E-state index is 14.1. The molecule has 0 spiro atoms. The van der Waals surface area contributed by atoms with Gasteiger partial charge in [-0.25, -0.2) is 9.59 Å². The van der Waals surface area contributed by atoms with Crippen molar-refractivity contribution >= 4 is 53.8 Å². The summed E-state index contributed by atoms with van der Waals surface area (Å²) in [6, 6.07) is 2.75. The van der Waals surface area contributed by atoms with Crippen LogP contribution in [0.1, 0.15) is 65.9 Å². The number of esters is 1. The van der Waals surface area contributed by atoms with Crippen molar-refractivity contribution in [3.05, 3.63) is 46.5 Å². The number of hydrogen-bond acceptors (Lipinski definition) is 11.